The van der Waals surface area contributed by atoms with Gasteiger partial charge in [-0.15, -0.1) is 0 Å². The van der Waals surface area contributed by atoms with Crippen LogP contribution in [0, 0.1) is 0 Å². The Bertz CT molecular complexity index is 463. The number of benzene rings is 1. The maximum Gasteiger partial charge on any atom is 0.342 e. The van der Waals surface area contributed by atoms with Gasteiger partial charge in [-0.1, -0.05) is 18.2 Å². The van der Waals surface area contributed by atoms with Crippen molar-refractivity contribution < 1.29 is 19.4 Å². The molecule has 0 spiro atoms. The van der Waals surface area contributed by atoms with Crippen molar-refractivity contribution in [3.05, 3.63) is 47.7 Å². The molecule has 0 aliphatic rings. The van der Waals surface area contributed by atoms with Crippen LogP contribution in [0.5, 0.6) is 0 Å². The molecule has 88 valence electrons. The van der Waals surface area contributed by atoms with Crippen LogP contribution in [-0.2, 0) is 9.53 Å². The molecule has 0 bridgehead atoms. The summed E-state index contributed by atoms with van der Waals surface area (Å²) in [7, 11) is 1.17. The molecule has 0 atom stereocenters. The van der Waals surface area contributed by atoms with Gasteiger partial charge in [-0.3, -0.25) is 4.79 Å². The third kappa shape index (κ3) is 3.57. The summed E-state index contributed by atoms with van der Waals surface area (Å²) >= 11 is 0. The van der Waals surface area contributed by atoms with Crippen molar-refractivity contribution in [1.29, 1.82) is 0 Å². The van der Waals surface area contributed by atoms with Crippen LogP contribution >= 0.6 is 0 Å². The highest BCUT2D eigenvalue weighted by molar-refractivity contribution is 6.13. The maximum atomic E-state index is 11.5. The van der Waals surface area contributed by atoms with Crippen LogP contribution in [0.4, 0.5) is 0 Å². The predicted molar refractivity (Wildman–Crippen MR) is 62.0 cm³/mol. The lowest BCUT2D eigenvalue weighted by molar-refractivity contribution is -0.135. The van der Waals surface area contributed by atoms with Crippen LogP contribution in [0.25, 0.3) is 0 Å². The Balaban J connectivity index is 2.78. The van der Waals surface area contributed by atoms with E-state index in [0.29, 0.717) is 11.8 Å². The average Bonchev–Trinajstić information content (AvgIpc) is 2.39. The third-order valence-electron chi connectivity index (χ3n) is 1.90. The zero-order valence-electron chi connectivity index (χ0n) is 9.16. The van der Waals surface area contributed by atoms with Gasteiger partial charge in [0.1, 0.15) is 5.57 Å². The molecule has 0 unspecified atom stereocenters. The van der Waals surface area contributed by atoms with E-state index in [1.807, 2.05) is 0 Å². The number of aliphatic imine (C=N–C) groups is 1. The largest absolute Gasteiger partial charge is 0.515 e. The van der Waals surface area contributed by atoms with Gasteiger partial charge in [0, 0.05) is 11.8 Å². The number of hydrogen-bond donors (Lipinski definition) is 1. The second-order valence-corrected chi connectivity index (χ2v) is 3.01. The standard InChI is InChI=1S/C12H11NO4/c1-17-12(16)10(8-14)7-13-11(15)9-5-3-2-4-6-9/h2-8,14H,1H3/b10-8-,13-7?. The van der Waals surface area contributed by atoms with Crippen molar-refractivity contribution in [2.75, 3.05) is 7.11 Å². The molecule has 5 nitrogen and oxygen atoms in total. The zero-order chi connectivity index (χ0) is 12.7. The molecule has 0 saturated carbocycles. The van der Waals surface area contributed by atoms with Gasteiger partial charge < -0.3 is 9.84 Å². The molecule has 1 aromatic carbocycles. The summed E-state index contributed by atoms with van der Waals surface area (Å²) < 4.78 is 4.37. The fraction of sp³-hybridized carbons (Fsp3) is 0.0833. The van der Waals surface area contributed by atoms with Crippen molar-refractivity contribution >= 4 is 18.1 Å². The van der Waals surface area contributed by atoms with Crippen LogP contribution in [0.1, 0.15) is 10.4 Å². The molecular weight excluding hydrogens is 222 g/mol. The number of aliphatic hydroxyl groups excluding tert-OH is 1. The molecular formula is C12H11NO4. The van der Waals surface area contributed by atoms with Crippen LogP contribution in [-0.4, -0.2) is 30.3 Å². The fourth-order valence-corrected chi connectivity index (χ4v) is 1.04. The van der Waals surface area contributed by atoms with E-state index in [-0.39, 0.29) is 5.57 Å². The molecule has 0 heterocycles. The first-order valence-corrected chi connectivity index (χ1v) is 4.75. The molecule has 0 aliphatic carbocycles. The van der Waals surface area contributed by atoms with E-state index in [2.05, 4.69) is 9.73 Å². The summed E-state index contributed by atoms with van der Waals surface area (Å²) in [5.41, 5.74) is 0.197. The number of carbonyl (C=O) groups is 2. The van der Waals surface area contributed by atoms with Crippen molar-refractivity contribution in [1.82, 2.24) is 0 Å². The Morgan fingerprint density at radius 3 is 2.47 bits per heavy atom. The highest BCUT2D eigenvalue weighted by Gasteiger charge is 2.08. The molecule has 17 heavy (non-hydrogen) atoms. The van der Waals surface area contributed by atoms with Gasteiger partial charge in [-0.2, -0.15) is 0 Å². The minimum absolute atomic E-state index is 0.197. The lowest BCUT2D eigenvalue weighted by atomic mass is 10.2. The number of ether oxygens (including phenoxy) is 1. The monoisotopic (exact) mass is 233 g/mol. The van der Waals surface area contributed by atoms with Gasteiger partial charge in [-0.05, 0) is 12.1 Å². The van der Waals surface area contributed by atoms with Crippen molar-refractivity contribution in [3.8, 4) is 0 Å². The summed E-state index contributed by atoms with van der Waals surface area (Å²) in [5, 5.41) is 8.75. The van der Waals surface area contributed by atoms with Crippen molar-refractivity contribution in [3.63, 3.8) is 0 Å². The number of rotatable bonds is 3. The van der Waals surface area contributed by atoms with E-state index in [1.54, 1.807) is 30.3 Å². The molecule has 0 saturated heterocycles. The molecule has 1 aromatic rings. The van der Waals surface area contributed by atoms with E-state index < -0.39 is 11.9 Å². The Kier molecular flexibility index (Phi) is 4.62. The number of methoxy groups -OCH3 is 1. The number of carbonyl (C=O) groups excluding carboxylic acids is 2. The van der Waals surface area contributed by atoms with E-state index in [4.69, 9.17) is 5.11 Å². The summed E-state index contributed by atoms with van der Waals surface area (Å²) in [4.78, 5) is 26.1. The third-order valence-corrected chi connectivity index (χ3v) is 1.90. The topological polar surface area (TPSA) is 76.0 Å². The van der Waals surface area contributed by atoms with Crippen LogP contribution in [0.3, 0.4) is 0 Å². The number of hydrogen-bond acceptors (Lipinski definition) is 4. The quantitative estimate of drug-likeness (QED) is 0.371. The van der Waals surface area contributed by atoms with Gasteiger partial charge in [0.2, 0.25) is 0 Å². The first-order valence-electron chi connectivity index (χ1n) is 4.75. The normalized spacial score (nSPS) is 11.5. The average molecular weight is 233 g/mol. The fourth-order valence-electron chi connectivity index (χ4n) is 1.04. The first kappa shape index (κ1) is 12.6. The molecule has 1 amide bonds. The number of nitrogens with zero attached hydrogens (tertiary/aromatic N) is 1. The minimum Gasteiger partial charge on any atom is -0.515 e. The van der Waals surface area contributed by atoms with Crippen LogP contribution < -0.4 is 0 Å². The molecule has 0 fully saturated rings. The SMILES string of the molecule is COC(=O)/C(C=NC(=O)c1ccccc1)=C\O. The number of amides is 1. The summed E-state index contributed by atoms with van der Waals surface area (Å²) in [6.45, 7) is 0. The van der Waals surface area contributed by atoms with E-state index >= 15 is 0 Å². The minimum atomic E-state index is -0.767. The Hall–Kier alpha value is -2.43. The second-order valence-electron chi connectivity index (χ2n) is 3.01. The van der Waals surface area contributed by atoms with Crippen LogP contribution in [0.2, 0.25) is 0 Å². The van der Waals surface area contributed by atoms with E-state index in [9.17, 15) is 9.59 Å². The highest BCUT2D eigenvalue weighted by Crippen LogP contribution is 2.01. The molecule has 0 aliphatic heterocycles. The van der Waals surface area contributed by atoms with Gasteiger partial charge in [0.15, 0.2) is 0 Å². The maximum absolute atomic E-state index is 11.5. The van der Waals surface area contributed by atoms with E-state index in [1.165, 1.54) is 7.11 Å². The first-order chi connectivity index (χ1) is 8.19. The zero-order valence-corrected chi connectivity index (χ0v) is 9.16. The summed E-state index contributed by atoms with van der Waals surface area (Å²) in [6, 6.07) is 8.37. The van der Waals surface area contributed by atoms with Crippen LogP contribution in [0.15, 0.2) is 47.2 Å². The molecule has 5 heteroatoms. The number of esters is 1. The van der Waals surface area contributed by atoms with Crippen molar-refractivity contribution in [2.24, 2.45) is 4.99 Å². The lowest BCUT2D eigenvalue weighted by Gasteiger charge is -1.97. The molecule has 0 aromatic heterocycles. The Morgan fingerprint density at radius 1 is 1.29 bits per heavy atom. The smallest absolute Gasteiger partial charge is 0.342 e. The Labute approximate surface area is 98.1 Å². The lowest BCUT2D eigenvalue weighted by Crippen LogP contribution is -2.07. The summed E-state index contributed by atoms with van der Waals surface area (Å²) in [5.74, 6) is -1.27. The number of aliphatic hydroxyl groups is 1. The van der Waals surface area contributed by atoms with Gasteiger partial charge in [-0.25, -0.2) is 9.79 Å². The highest BCUT2D eigenvalue weighted by atomic mass is 16.5. The Morgan fingerprint density at radius 2 is 1.94 bits per heavy atom. The second kappa shape index (κ2) is 6.22. The predicted octanol–water partition coefficient (Wildman–Crippen LogP) is 1.51. The van der Waals surface area contributed by atoms with Gasteiger partial charge >= 0.3 is 5.97 Å². The van der Waals surface area contributed by atoms with Crippen molar-refractivity contribution in [2.45, 2.75) is 0 Å². The molecule has 1 N–H and O–H groups in total. The van der Waals surface area contributed by atoms with Gasteiger partial charge in [0.25, 0.3) is 5.91 Å². The van der Waals surface area contributed by atoms with Gasteiger partial charge in [0.05, 0.1) is 13.4 Å². The van der Waals surface area contributed by atoms with E-state index in [0.717, 1.165) is 6.21 Å². The molecule has 1 rings (SSSR count). The molecule has 0 radical (unpaired) electrons. The summed E-state index contributed by atoms with van der Waals surface area (Å²) in [6.07, 6.45) is 1.49.